The van der Waals surface area contributed by atoms with Crippen LogP contribution < -0.4 is 0 Å². The van der Waals surface area contributed by atoms with Crippen LogP contribution in [-0.2, 0) is 9.59 Å². The van der Waals surface area contributed by atoms with Crippen molar-refractivity contribution in [2.45, 2.75) is 65.2 Å². The Bertz CT molecular complexity index is 339. The molecule has 0 spiro atoms. The van der Waals surface area contributed by atoms with Gasteiger partial charge in [-0.05, 0) is 12.8 Å². The number of unbranched alkanes of at least 4 members (excludes halogenated alkanes) is 4. The van der Waals surface area contributed by atoms with Crippen LogP contribution in [0.2, 0.25) is 0 Å². The molecule has 0 aliphatic carbocycles. The van der Waals surface area contributed by atoms with E-state index in [9.17, 15) is 9.59 Å². The fourth-order valence-electron chi connectivity index (χ4n) is 2.33. The van der Waals surface area contributed by atoms with Crippen LogP contribution in [0.15, 0.2) is 0 Å². The normalized spacial score (nSPS) is 11.6. The fraction of sp³-hybridized carbons (Fsp3) is 0.889. The number of aliphatic carboxylic acids is 2. The molecule has 6 N–H and O–H groups in total. The predicted octanol–water partition coefficient (Wildman–Crippen LogP) is 1.24. The van der Waals surface area contributed by atoms with Crippen LogP contribution >= 0.6 is 0 Å². The Kier molecular flexibility index (Phi) is 15.5. The Labute approximate surface area is 155 Å². The van der Waals surface area contributed by atoms with Crippen molar-refractivity contribution < 1.29 is 40.2 Å². The highest BCUT2D eigenvalue weighted by Crippen LogP contribution is 2.25. The zero-order valence-electron chi connectivity index (χ0n) is 16.0. The minimum absolute atomic E-state index is 0.336. The molecule has 0 aliphatic rings. The van der Waals surface area contributed by atoms with Crippen LogP contribution in [0.5, 0.6) is 0 Å². The number of hydrogen-bond donors (Lipinski definition) is 6. The fourth-order valence-corrected chi connectivity index (χ4v) is 2.33. The molecule has 0 saturated carbocycles. The summed E-state index contributed by atoms with van der Waals surface area (Å²) in [6.07, 6.45) is 5.96. The molecule has 0 aliphatic heterocycles. The van der Waals surface area contributed by atoms with Crippen molar-refractivity contribution in [3.63, 3.8) is 0 Å². The second-order valence-corrected chi connectivity index (χ2v) is 6.72. The summed E-state index contributed by atoms with van der Waals surface area (Å²) in [4.78, 5) is 21.5. The van der Waals surface area contributed by atoms with E-state index in [0.29, 0.717) is 12.8 Å². The molecule has 0 aromatic heterocycles. The lowest BCUT2D eigenvalue weighted by Gasteiger charge is -2.24. The maximum atomic E-state index is 10.8. The van der Waals surface area contributed by atoms with E-state index in [2.05, 4.69) is 0 Å². The molecule has 0 atom stereocenters. The maximum absolute atomic E-state index is 10.8. The van der Waals surface area contributed by atoms with Gasteiger partial charge in [-0.2, -0.15) is 0 Å². The number of carbonyl (C=O) groups is 2. The number of aliphatic hydroxyl groups excluding tert-OH is 4. The quantitative estimate of drug-likeness (QED) is 0.246. The van der Waals surface area contributed by atoms with E-state index in [4.69, 9.17) is 30.6 Å². The van der Waals surface area contributed by atoms with Gasteiger partial charge in [0.25, 0.3) is 0 Å². The van der Waals surface area contributed by atoms with Crippen LogP contribution in [0, 0.1) is 10.8 Å². The number of hydrogen-bond acceptors (Lipinski definition) is 6. The van der Waals surface area contributed by atoms with E-state index in [1.165, 1.54) is 0 Å². The predicted molar refractivity (Wildman–Crippen MR) is 96.8 cm³/mol. The van der Waals surface area contributed by atoms with E-state index in [-0.39, 0.29) is 0 Å². The van der Waals surface area contributed by atoms with Crippen LogP contribution in [0.4, 0.5) is 0 Å². The van der Waals surface area contributed by atoms with Gasteiger partial charge >= 0.3 is 11.9 Å². The molecule has 0 rings (SSSR count). The monoisotopic (exact) mass is 380 g/mol. The van der Waals surface area contributed by atoms with Gasteiger partial charge < -0.3 is 30.6 Å². The highest BCUT2D eigenvalue weighted by molar-refractivity contribution is 5.75. The second kappa shape index (κ2) is 14.9. The average molecular weight is 380 g/mol. The molecular formula is C18H36O8. The molecule has 0 heterocycles. The summed E-state index contributed by atoms with van der Waals surface area (Å²) in [6.45, 7) is 2.04. The first-order valence-corrected chi connectivity index (χ1v) is 9.16. The van der Waals surface area contributed by atoms with Crippen molar-refractivity contribution in [2.24, 2.45) is 10.8 Å². The Hall–Kier alpha value is -1.22. The van der Waals surface area contributed by atoms with E-state index >= 15 is 0 Å². The summed E-state index contributed by atoms with van der Waals surface area (Å²) in [5.74, 6) is -2.23. The third-order valence-electron chi connectivity index (χ3n) is 4.64. The van der Waals surface area contributed by atoms with Gasteiger partial charge in [0.2, 0.25) is 0 Å². The second-order valence-electron chi connectivity index (χ2n) is 6.72. The third-order valence-corrected chi connectivity index (χ3v) is 4.64. The Balaban J connectivity index is 0. The van der Waals surface area contributed by atoms with Crippen LogP contribution in [0.3, 0.4) is 0 Å². The SMILES string of the molecule is CCCCCC(CO)(CO)C(=O)O.CCCCCC(CO)(CO)C(=O)O. The van der Waals surface area contributed by atoms with Crippen LogP contribution in [0.1, 0.15) is 65.2 Å². The minimum Gasteiger partial charge on any atom is -0.481 e. The van der Waals surface area contributed by atoms with Crippen molar-refractivity contribution in [1.29, 1.82) is 0 Å². The summed E-state index contributed by atoms with van der Waals surface area (Å²) in [7, 11) is 0. The molecule has 0 aromatic carbocycles. The van der Waals surface area contributed by atoms with Crippen molar-refractivity contribution >= 4 is 11.9 Å². The molecule has 0 radical (unpaired) electrons. The summed E-state index contributed by atoms with van der Waals surface area (Å²) in [5.41, 5.74) is -2.68. The van der Waals surface area contributed by atoms with Crippen molar-refractivity contribution in [3.05, 3.63) is 0 Å². The molecule has 8 heteroatoms. The van der Waals surface area contributed by atoms with Gasteiger partial charge in [-0.1, -0.05) is 52.4 Å². The Morgan fingerprint density at radius 1 is 0.615 bits per heavy atom. The van der Waals surface area contributed by atoms with Gasteiger partial charge in [0.15, 0.2) is 0 Å². The average Bonchev–Trinajstić information content (AvgIpc) is 2.63. The minimum atomic E-state index is -1.34. The Morgan fingerprint density at radius 3 is 1.04 bits per heavy atom. The van der Waals surface area contributed by atoms with E-state index in [0.717, 1.165) is 38.5 Å². The van der Waals surface area contributed by atoms with E-state index in [1.807, 2.05) is 13.8 Å². The van der Waals surface area contributed by atoms with Crippen molar-refractivity contribution in [1.82, 2.24) is 0 Å². The lowest BCUT2D eigenvalue weighted by Crippen LogP contribution is -2.38. The van der Waals surface area contributed by atoms with Crippen molar-refractivity contribution in [2.75, 3.05) is 26.4 Å². The molecule has 0 bridgehead atoms. The van der Waals surface area contributed by atoms with Gasteiger partial charge in [-0.25, -0.2) is 0 Å². The number of aliphatic hydroxyl groups is 4. The smallest absolute Gasteiger partial charge is 0.314 e. The highest BCUT2D eigenvalue weighted by Gasteiger charge is 2.37. The molecule has 0 aromatic rings. The number of carboxylic acids is 2. The maximum Gasteiger partial charge on any atom is 0.314 e. The zero-order chi connectivity index (χ0) is 20.6. The summed E-state index contributed by atoms with van der Waals surface area (Å²) < 4.78 is 0. The summed E-state index contributed by atoms with van der Waals surface area (Å²) >= 11 is 0. The molecule has 156 valence electrons. The Morgan fingerprint density at radius 2 is 0.885 bits per heavy atom. The topological polar surface area (TPSA) is 156 Å². The lowest BCUT2D eigenvalue weighted by atomic mass is 9.84. The van der Waals surface area contributed by atoms with Crippen LogP contribution in [0.25, 0.3) is 0 Å². The summed E-state index contributed by atoms with van der Waals surface area (Å²) in [5, 5.41) is 53.2. The van der Waals surface area contributed by atoms with Gasteiger partial charge in [-0.15, -0.1) is 0 Å². The molecule has 8 nitrogen and oxygen atoms in total. The lowest BCUT2D eigenvalue weighted by molar-refractivity contribution is -0.156. The van der Waals surface area contributed by atoms with Gasteiger partial charge in [0.05, 0.1) is 26.4 Å². The van der Waals surface area contributed by atoms with Gasteiger partial charge in [0.1, 0.15) is 10.8 Å². The molecular weight excluding hydrogens is 344 g/mol. The highest BCUT2D eigenvalue weighted by atomic mass is 16.4. The molecule has 26 heavy (non-hydrogen) atoms. The van der Waals surface area contributed by atoms with E-state index in [1.54, 1.807) is 0 Å². The standard InChI is InChI=1S/2C9H18O4/c2*1-2-3-4-5-9(6-10,7-11)8(12)13/h2*10-11H,2-7H2,1H3,(H,12,13). The largest absolute Gasteiger partial charge is 0.481 e. The zero-order valence-corrected chi connectivity index (χ0v) is 16.0. The first-order valence-electron chi connectivity index (χ1n) is 9.16. The van der Waals surface area contributed by atoms with Gasteiger partial charge in [-0.3, -0.25) is 9.59 Å². The third kappa shape index (κ3) is 8.93. The molecule has 0 unspecified atom stereocenters. The van der Waals surface area contributed by atoms with Crippen molar-refractivity contribution in [3.8, 4) is 0 Å². The first kappa shape index (κ1) is 27.0. The first-order chi connectivity index (χ1) is 12.3. The van der Waals surface area contributed by atoms with Crippen LogP contribution in [-0.4, -0.2) is 69.0 Å². The number of rotatable bonds is 14. The molecule has 0 fully saturated rings. The molecule has 0 saturated heterocycles. The van der Waals surface area contributed by atoms with E-state index < -0.39 is 49.2 Å². The number of carboxylic acid groups (broad SMARTS) is 2. The molecule has 0 amide bonds. The summed E-state index contributed by atoms with van der Waals surface area (Å²) in [6, 6.07) is 0. The van der Waals surface area contributed by atoms with Gasteiger partial charge in [0, 0.05) is 0 Å².